The zero-order chi connectivity index (χ0) is 26.6. The smallest absolute Gasteiger partial charge is 0.251 e. The standard InChI is InChI=1S/C32H33FN4O2/c33-28-6-5-26-18-37(19-27(26)12-28)29(38)17-35-31-13-21-11-22(14-31)16-32(15-21,20-31)36-30(39)25-3-1-23(2-4-25)24-7-9-34-10-8-24/h1-10,12,21-22,35H,11,13-20H2,(H,36,39). The number of pyridine rings is 1. The number of benzene rings is 2. The highest BCUT2D eigenvalue weighted by Gasteiger charge is 2.58. The van der Waals surface area contributed by atoms with E-state index in [2.05, 4.69) is 15.6 Å². The zero-order valence-corrected chi connectivity index (χ0v) is 22.0. The number of hydrogen-bond donors (Lipinski definition) is 2. The Morgan fingerprint density at radius 3 is 2.28 bits per heavy atom. The van der Waals surface area contributed by atoms with Crippen molar-refractivity contribution < 1.29 is 14.0 Å². The van der Waals surface area contributed by atoms with Crippen molar-refractivity contribution in [3.8, 4) is 11.1 Å². The zero-order valence-electron chi connectivity index (χ0n) is 22.0. The molecule has 4 fully saturated rings. The van der Waals surface area contributed by atoms with Crippen LogP contribution in [0.5, 0.6) is 0 Å². The van der Waals surface area contributed by atoms with Crippen molar-refractivity contribution in [3.05, 3.63) is 89.5 Å². The molecule has 1 aliphatic heterocycles. The van der Waals surface area contributed by atoms with Gasteiger partial charge in [0.25, 0.3) is 5.91 Å². The molecule has 2 unspecified atom stereocenters. The first-order chi connectivity index (χ1) is 18.9. The van der Waals surface area contributed by atoms with E-state index in [1.54, 1.807) is 18.5 Å². The van der Waals surface area contributed by atoms with Crippen LogP contribution in [0.1, 0.15) is 60.0 Å². The molecule has 200 valence electrons. The predicted octanol–water partition coefficient (Wildman–Crippen LogP) is 4.84. The number of carbonyl (C=O) groups excluding carboxylic acids is 2. The van der Waals surface area contributed by atoms with Crippen LogP contribution in [0.2, 0.25) is 0 Å². The first-order valence-corrected chi connectivity index (χ1v) is 14.0. The molecule has 4 aliphatic carbocycles. The van der Waals surface area contributed by atoms with E-state index in [1.807, 2.05) is 41.3 Å². The second-order valence-corrected chi connectivity index (χ2v) is 12.3. The lowest BCUT2D eigenvalue weighted by atomic mass is 9.50. The lowest BCUT2D eigenvalue weighted by Gasteiger charge is -2.62. The third-order valence-corrected chi connectivity index (χ3v) is 9.46. The Balaban J connectivity index is 1.02. The van der Waals surface area contributed by atoms with E-state index < -0.39 is 0 Å². The third-order valence-electron chi connectivity index (χ3n) is 9.46. The maximum Gasteiger partial charge on any atom is 0.251 e. The topological polar surface area (TPSA) is 74.3 Å². The molecule has 2 heterocycles. The molecule has 4 saturated carbocycles. The normalized spacial score (nSPS) is 28.4. The molecule has 0 saturated heterocycles. The van der Waals surface area contributed by atoms with Crippen molar-refractivity contribution in [3.63, 3.8) is 0 Å². The van der Waals surface area contributed by atoms with E-state index in [4.69, 9.17) is 0 Å². The van der Waals surface area contributed by atoms with Gasteiger partial charge in [-0.2, -0.15) is 0 Å². The van der Waals surface area contributed by atoms with Crippen molar-refractivity contribution in [2.75, 3.05) is 6.54 Å². The molecule has 2 atom stereocenters. The van der Waals surface area contributed by atoms with Crippen LogP contribution in [-0.4, -0.2) is 39.3 Å². The summed E-state index contributed by atoms with van der Waals surface area (Å²) in [4.78, 5) is 32.5. The molecule has 4 bridgehead atoms. The maximum absolute atomic E-state index is 13.6. The van der Waals surface area contributed by atoms with Gasteiger partial charge in [0.1, 0.15) is 5.82 Å². The van der Waals surface area contributed by atoms with Gasteiger partial charge in [0.05, 0.1) is 6.54 Å². The number of aromatic nitrogens is 1. The van der Waals surface area contributed by atoms with E-state index >= 15 is 0 Å². The Kier molecular flexibility index (Phi) is 5.81. The van der Waals surface area contributed by atoms with Gasteiger partial charge < -0.3 is 15.5 Å². The third kappa shape index (κ3) is 4.63. The monoisotopic (exact) mass is 524 g/mol. The molecule has 7 heteroatoms. The molecule has 5 aliphatic rings. The lowest BCUT2D eigenvalue weighted by Crippen LogP contribution is -2.69. The van der Waals surface area contributed by atoms with Gasteiger partial charge in [0.2, 0.25) is 5.91 Å². The van der Waals surface area contributed by atoms with Crippen LogP contribution in [0.15, 0.2) is 67.0 Å². The Hall–Kier alpha value is -3.58. The van der Waals surface area contributed by atoms with Gasteiger partial charge in [-0.15, -0.1) is 0 Å². The highest BCUT2D eigenvalue weighted by atomic mass is 19.1. The van der Waals surface area contributed by atoms with Crippen molar-refractivity contribution >= 4 is 11.8 Å². The molecule has 0 spiro atoms. The van der Waals surface area contributed by atoms with Crippen LogP contribution in [-0.2, 0) is 17.9 Å². The van der Waals surface area contributed by atoms with Crippen LogP contribution in [0, 0.1) is 17.7 Å². The van der Waals surface area contributed by atoms with E-state index in [0.717, 1.165) is 54.4 Å². The van der Waals surface area contributed by atoms with E-state index in [0.29, 0.717) is 30.5 Å². The molecular weight excluding hydrogens is 491 g/mol. The van der Waals surface area contributed by atoms with Gasteiger partial charge in [-0.3, -0.25) is 14.6 Å². The van der Waals surface area contributed by atoms with E-state index in [-0.39, 0.29) is 35.3 Å². The minimum atomic E-state index is -0.258. The molecular formula is C32H33FN4O2. The molecule has 6 nitrogen and oxygen atoms in total. The predicted molar refractivity (Wildman–Crippen MR) is 146 cm³/mol. The molecule has 8 rings (SSSR count). The first kappa shape index (κ1) is 24.5. The largest absolute Gasteiger partial charge is 0.347 e. The van der Waals surface area contributed by atoms with Crippen LogP contribution < -0.4 is 10.6 Å². The Bertz CT molecular complexity index is 1410. The van der Waals surface area contributed by atoms with Gasteiger partial charge in [-0.25, -0.2) is 4.39 Å². The van der Waals surface area contributed by atoms with Crippen molar-refractivity contribution in [1.29, 1.82) is 0 Å². The summed E-state index contributed by atoms with van der Waals surface area (Å²) in [7, 11) is 0. The Morgan fingerprint density at radius 2 is 1.54 bits per heavy atom. The van der Waals surface area contributed by atoms with Crippen molar-refractivity contribution in [2.45, 2.75) is 62.7 Å². The second kappa shape index (κ2) is 9.26. The van der Waals surface area contributed by atoms with Crippen molar-refractivity contribution in [1.82, 2.24) is 20.5 Å². The minimum absolute atomic E-state index is 0.0217. The molecule has 39 heavy (non-hydrogen) atoms. The number of fused-ring (bicyclic) bond motifs is 1. The summed E-state index contributed by atoms with van der Waals surface area (Å²) in [5, 5.41) is 7.15. The van der Waals surface area contributed by atoms with Gasteiger partial charge in [0.15, 0.2) is 0 Å². The minimum Gasteiger partial charge on any atom is -0.347 e. The molecule has 0 radical (unpaired) electrons. The molecule has 2 N–H and O–H groups in total. The van der Waals surface area contributed by atoms with Gasteiger partial charge in [-0.1, -0.05) is 18.2 Å². The molecule has 3 aromatic rings. The number of nitrogens with one attached hydrogen (secondary N) is 2. The SMILES string of the molecule is O=C(NC12CC3CC(CC(NCC(=O)N4Cc5ccc(F)cc5C4)(C3)C1)C2)c1ccc(-c2ccncc2)cc1. The number of rotatable bonds is 6. The van der Waals surface area contributed by atoms with Crippen molar-refractivity contribution in [2.24, 2.45) is 11.8 Å². The number of nitrogens with zero attached hydrogens (tertiary/aromatic N) is 2. The second-order valence-electron chi connectivity index (χ2n) is 12.3. The molecule has 2 aromatic carbocycles. The first-order valence-electron chi connectivity index (χ1n) is 14.0. The summed E-state index contributed by atoms with van der Waals surface area (Å²) in [6, 6.07) is 16.5. The lowest BCUT2D eigenvalue weighted by molar-refractivity contribution is -0.132. The summed E-state index contributed by atoms with van der Waals surface area (Å²) in [5.74, 6) is 0.887. The quantitative estimate of drug-likeness (QED) is 0.484. The summed E-state index contributed by atoms with van der Waals surface area (Å²) < 4.78 is 13.6. The van der Waals surface area contributed by atoms with E-state index in [1.165, 1.54) is 18.6 Å². The number of halogens is 1. The Labute approximate surface area is 228 Å². The molecule has 2 amide bonds. The summed E-state index contributed by atoms with van der Waals surface area (Å²) >= 11 is 0. The fourth-order valence-electron chi connectivity index (χ4n) is 8.20. The number of carbonyl (C=O) groups is 2. The van der Waals surface area contributed by atoms with Gasteiger partial charge >= 0.3 is 0 Å². The average molecular weight is 525 g/mol. The van der Waals surface area contributed by atoms with E-state index in [9.17, 15) is 14.0 Å². The van der Waals surface area contributed by atoms with Crippen LogP contribution in [0.4, 0.5) is 4.39 Å². The Morgan fingerprint density at radius 1 is 0.872 bits per heavy atom. The number of hydrogen-bond acceptors (Lipinski definition) is 4. The highest BCUT2D eigenvalue weighted by Crippen LogP contribution is 2.57. The highest BCUT2D eigenvalue weighted by molar-refractivity contribution is 5.95. The maximum atomic E-state index is 13.6. The van der Waals surface area contributed by atoms with Crippen LogP contribution in [0.25, 0.3) is 11.1 Å². The number of amides is 2. The van der Waals surface area contributed by atoms with Crippen LogP contribution >= 0.6 is 0 Å². The summed E-state index contributed by atoms with van der Waals surface area (Å²) in [6.07, 6.45) is 9.73. The fourth-order valence-corrected chi connectivity index (χ4v) is 8.20. The summed E-state index contributed by atoms with van der Waals surface area (Å²) in [5.41, 5.74) is 4.36. The van der Waals surface area contributed by atoms with Gasteiger partial charge in [-0.05, 0) is 109 Å². The fraction of sp³-hybridized carbons (Fsp3) is 0.406. The average Bonchev–Trinajstić information content (AvgIpc) is 3.35. The van der Waals surface area contributed by atoms with Crippen LogP contribution in [0.3, 0.4) is 0 Å². The summed E-state index contributed by atoms with van der Waals surface area (Å²) in [6.45, 7) is 1.27. The van der Waals surface area contributed by atoms with Gasteiger partial charge in [0, 0.05) is 42.1 Å². The molecule has 1 aromatic heterocycles.